The Bertz CT molecular complexity index is 1490. The van der Waals surface area contributed by atoms with Crippen LogP contribution in [0.3, 0.4) is 0 Å². The summed E-state index contributed by atoms with van der Waals surface area (Å²) in [5.74, 6) is 1.44. The number of ether oxygens (including phenoxy) is 2. The van der Waals surface area contributed by atoms with Gasteiger partial charge in [0.15, 0.2) is 5.58 Å². The van der Waals surface area contributed by atoms with E-state index in [1.807, 2.05) is 72.8 Å². The van der Waals surface area contributed by atoms with Gasteiger partial charge in [-0.15, -0.1) is 0 Å². The second-order valence-corrected chi connectivity index (χ2v) is 8.17. The number of halogens is 1. The highest BCUT2D eigenvalue weighted by Crippen LogP contribution is 2.37. The molecule has 0 saturated heterocycles. The molecule has 5 rings (SSSR count). The summed E-state index contributed by atoms with van der Waals surface area (Å²) in [5.41, 5.74) is 3.29. The van der Waals surface area contributed by atoms with Crippen molar-refractivity contribution >= 4 is 49.4 Å². The Balaban J connectivity index is 1.41. The molecule has 0 atom stereocenters. The zero-order chi connectivity index (χ0) is 22.9. The summed E-state index contributed by atoms with van der Waals surface area (Å²) in [7, 11) is 3.16. The minimum Gasteiger partial charge on any atom is -0.497 e. The molecule has 5 aromatic rings. The lowest BCUT2D eigenvalue weighted by molar-refractivity contribution is 0.102. The van der Waals surface area contributed by atoms with Crippen molar-refractivity contribution in [2.45, 2.75) is 0 Å². The Morgan fingerprint density at radius 2 is 1.76 bits per heavy atom. The molecule has 0 aliphatic rings. The van der Waals surface area contributed by atoms with Crippen LogP contribution in [0.2, 0.25) is 0 Å². The monoisotopic (exact) mass is 502 g/mol. The number of hydrogen-bond donors (Lipinski definition) is 1. The molecule has 1 amide bonds. The van der Waals surface area contributed by atoms with E-state index in [-0.39, 0.29) is 5.91 Å². The fourth-order valence-electron chi connectivity index (χ4n) is 3.70. The Hall–Kier alpha value is -3.84. The maximum atomic E-state index is 13.1. The molecule has 0 unspecified atom stereocenters. The molecule has 0 bridgehead atoms. The number of aromatic nitrogens is 1. The smallest absolute Gasteiger partial charge is 0.259 e. The molecule has 0 fully saturated rings. The lowest BCUT2D eigenvalue weighted by Gasteiger charge is -2.13. The van der Waals surface area contributed by atoms with Gasteiger partial charge in [0.1, 0.15) is 17.0 Å². The van der Waals surface area contributed by atoms with E-state index in [1.54, 1.807) is 14.2 Å². The number of oxazole rings is 1. The van der Waals surface area contributed by atoms with Gasteiger partial charge in [0.2, 0.25) is 5.89 Å². The van der Waals surface area contributed by atoms with Crippen LogP contribution in [0.25, 0.3) is 33.3 Å². The summed E-state index contributed by atoms with van der Waals surface area (Å²) in [5, 5.41) is 4.86. The van der Waals surface area contributed by atoms with E-state index in [9.17, 15) is 4.79 Å². The maximum absolute atomic E-state index is 13.1. The molecule has 0 spiro atoms. The average molecular weight is 503 g/mol. The molecule has 0 saturated carbocycles. The standard InChI is InChI=1S/C26H19BrN2O4/c1-31-18-11-12-22-21(14-18)29-26(33-22)15-7-9-17(10-8-15)28-25(30)20-13-16-5-3-4-6-19(16)23(27)24(20)32-2/h3-14H,1-2H3,(H,28,30). The van der Waals surface area contributed by atoms with Crippen LogP contribution in [-0.4, -0.2) is 25.1 Å². The number of rotatable bonds is 5. The number of fused-ring (bicyclic) bond motifs is 2. The number of carbonyl (C=O) groups excluding carboxylic acids is 1. The molecular formula is C26H19BrN2O4. The normalized spacial score (nSPS) is 11.0. The van der Waals surface area contributed by atoms with Crippen LogP contribution in [-0.2, 0) is 0 Å². The third kappa shape index (κ3) is 3.91. The van der Waals surface area contributed by atoms with Gasteiger partial charge in [0.05, 0.1) is 24.3 Å². The van der Waals surface area contributed by atoms with Crippen LogP contribution >= 0.6 is 15.9 Å². The van der Waals surface area contributed by atoms with Crippen molar-refractivity contribution in [3.8, 4) is 23.0 Å². The van der Waals surface area contributed by atoms with Crippen LogP contribution in [0.1, 0.15) is 10.4 Å². The van der Waals surface area contributed by atoms with Gasteiger partial charge >= 0.3 is 0 Å². The number of amides is 1. The van der Waals surface area contributed by atoms with Crippen LogP contribution in [0.4, 0.5) is 5.69 Å². The zero-order valence-electron chi connectivity index (χ0n) is 17.9. The number of hydrogen-bond acceptors (Lipinski definition) is 5. The topological polar surface area (TPSA) is 73.6 Å². The van der Waals surface area contributed by atoms with E-state index in [0.29, 0.717) is 28.5 Å². The van der Waals surface area contributed by atoms with E-state index in [1.165, 1.54) is 0 Å². The molecule has 0 radical (unpaired) electrons. The first kappa shape index (κ1) is 21.0. The Labute approximate surface area is 198 Å². The van der Waals surface area contributed by atoms with Crippen molar-refractivity contribution in [1.29, 1.82) is 0 Å². The second kappa shape index (κ2) is 8.60. The number of benzene rings is 4. The minimum absolute atomic E-state index is 0.264. The highest BCUT2D eigenvalue weighted by atomic mass is 79.9. The van der Waals surface area contributed by atoms with Gasteiger partial charge in [-0.05, 0) is 69.2 Å². The van der Waals surface area contributed by atoms with Gasteiger partial charge in [-0.25, -0.2) is 4.98 Å². The van der Waals surface area contributed by atoms with E-state index in [0.717, 1.165) is 32.1 Å². The van der Waals surface area contributed by atoms with Crippen LogP contribution in [0.15, 0.2) is 81.7 Å². The van der Waals surface area contributed by atoms with Crippen molar-refractivity contribution in [3.63, 3.8) is 0 Å². The second-order valence-electron chi connectivity index (χ2n) is 7.38. The lowest BCUT2D eigenvalue weighted by Crippen LogP contribution is -2.13. The average Bonchev–Trinajstić information content (AvgIpc) is 3.27. The highest BCUT2D eigenvalue weighted by Gasteiger charge is 2.18. The van der Waals surface area contributed by atoms with Gasteiger partial charge in [-0.1, -0.05) is 24.3 Å². The number of methoxy groups -OCH3 is 2. The van der Waals surface area contributed by atoms with Crippen molar-refractivity contribution in [3.05, 3.63) is 82.8 Å². The van der Waals surface area contributed by atoms with E-state index in [4.69, 9.17) is 13.9 Å². The highest BCUT2D eigenvalue weighted by molar-refractivity contribution is 9.10. The van der Waals surface area contributed by atoms with Gasteiger partial charge in [0.25, 0.3) is 5.91 Å². The largest absolute Gasteiger partial charge is 0.497 e. The van der Waals surface area contributed by atoms with Gasteiger partial charge in [-0.3, -0.25) is 4.79 Å². The fraction of sp³-hybridized carbons (Fsp3) is 0.0769. The van der Waals surface area contributed by atoms with Gasteiger partial charge < -0.3 is 19.2 Å². The Morgan fingerprint density at radius 3 is 2.52 bits per heavy atom. The third-order valence-corrected chi connectivity index (χ3v) is 6.16. The molecule has 0 aliphatic carbocycles. The molecule has 6 nitrogen and oxygen atoms in total. The maximum Gasteiger partial charge on any atom is 0.259 e. The predicted molar refractivity (Wildman–Crippen MR) is 132 cm³/mol. The van der Waals surface area contributed by atoms with Crippen LogP contribution in [0, 0.1) is 0 Å². The van der Waals surface area contributed by atoms with E-state index >= 15 is 0 Å². The van der Waals surface area contributed by atoms with Crippen LogP contribution < -0.4 is 14.8 Å². The number of nitrogens with one attached hydrogen (secondary N) is 1. The minimum atomic E-state index is -0.264. The SMILES string of the molecule is COc1ccc2oc(-c3ccc(NC(=O)c4cc5ccccc5c(Br)c4OC)cc3)nc2c1. The first-order chi connectivity index (χ1) is 16.1. The zero-order valence-corrected chi connectivity index (χ0v) is 19.5. The molecule has 1 heterocycles. The van der Waals surface area contributed by atoms with E-state index in [2.05, 4.69) is 26.2 Å². The predicted octanol–water partition coefficient (Wildman–Crippen LogP) is 6.68. The van der Waals surface area contributed by atoms with Crippen molar-refractivity contribution in [2.75, 3.05) is 19.5 Å². The molecule has 33 heavy (non-hydrogen) atoms. The number of nitrogens with zero attached hydrogens (tertiary/aromatic N) is 1. The Morgan fingerprint density at radius 1 is 0.970 bits per heavy atom. The van der Waals surface area contributed by atoms with Crippen molar-refractivity contribution < 1.29 is 18.7 Å². The number of anilines is 1. The van der Waals surface area contributed by atoms with Crippen LogP contribution in [0.5, 0.6) is 11.5 Å². The lowest BCUT2D eigenvalue weighted by atomic mass is 10.0. The molecule has 0 aliphatic heterocycles. The van der Waals surface area contributed by atoms with Gasteiger partial charge in [0, 0.05) is 17.3 Å². The fourth-order valence-corrected chi connectivity index (χ4v) is 4.44. The quantitative estimate of drug-likeness (QED) is 0.290. The number of carbonyl (C=O) groups is 1. The molecule has 164 valence electrons. The van der Waals surface area contributed by atoms with E-state index < -0.39 is 0 Å². The summed E-state index contributed by atoms with van der Waals surface area (Å²) in [4.78, 5) is 17.6. The van der Waals surface area contributed by atoms with Gasteiger partial charge in [-0.2, -0.15) is 0 Å². The summed E-state index contributed by atoms with van der Waals surface area (Å²) >= 11 is 3.58. The van der Waals surface area contributed by atoms with Crippen molar-refractivity contribution in [2.24, 2.45) is 0 Å². The molecule has 7 heteroatoms. The first-order valence-electron chi connectivity index (χ1n) is 10.2. The third-order valence-electron chi connectivity index (χ3n) is 5.37. The van der Waals surface area contributed by atoms with Crippen molar-refractivity contribution in [1.82, 2.24) is 4.98 Å². The summed E-state index contributed by atoms with van der Waals surface area (Å²) in [6, 6.07) is 22.5. The summed E-state index contributed by atoms with van der Waals surface area (Å²) in [6.45, 7) is 0. The molecule has 1 aromatic heterocycles. The molecule has 1 N–H and O–H groups in total. The summed E-state index contributed by atoms with van der Waals surface area (Å²) < 4.78 is 17.4. The summed E-state index contributed by atoms with van der Waals surface area (Å²) in [6.07, 6.45) is 0. The first-order valence-corrected chi connectivity index (χ1v) is 11.0. The molecular weight excluding hydrogens is 484 g/mol. The molecule has 4 aromatic carbocycles. The Kier molecular flexibility index (Phi) is 5.48.